The number of benzene rings is 2. The average molecular weight is 421 g/mol. The number of carbonyl (C=O) groups is 1. The van der Waals surface area contributed by atoms with Gasteiger partial charge in [-0.05, 0) is 93.3 Å². The molecule has 2 heterocycles. The number of aryl methyl sites for hydroxylation is 1. The molecule has 1 saturated carbocycles. The zero-order chi connectivity index (χ0) is 21.6. The van der Waals surface area contributed by atoms with Crippen LogP contribution in [0.4, 0.5) is 4.39 Å². The zero-order valence-corrected chi connectivity index (χ0v) is 18.7. The Morgan fingerprint density at radius 2 is 1.87 bits per heavy atom. The molecule has 164 valence electrons. The van der Waals surface area contributed by atoms with E-state index in [0.29, 0.717) is 18.5 Å². The average Bonchev–Trinajstić information content (AvgIpc) is 3.55. The smallest absolute Gasteiger partial charge is 0.144 e. The Labute approximate surface area is 185 Å². The third-order valence-electron chi connectivity index (χ3n) is 7.72. The number of rotatable bonds is 6. The molecule has 0 amide bonds. The highest BCUT2D eigenvalue weighted by atomic mass is 19.1. The quantitative estimate of drug-likeness (QED) is 0.616. The van der Waals surface area contributed by atoms with Crippen molar-refractivity contribution in [2.24, 2.45) is 5.92 Å². The summed E-state index contributed by atoms with van der Waals surface area (Å²) in [5, 5.41) is 0. The van der Waals surface area contributed by atoms with Crippen LogP contribution in [0.5, 0.6) is 0 Å². The molecule has 3 aliphatic rings. The van der Waals surface area contributed by atoms with Crippen LogP contribution in [0.25, 0.3) is 0 Å². The number of carbonyl (C=O) groups excluding carboxylic acids is 1. The number of likely N-dealkylation sites (tertiary alicyclic amines) is 1. The molecule has 1 atom stereocenters. The van der Waals surface area contributed by atoms with Crippen molar-refractivity contribution in [1.82, 2.24) is 9.80 Å². The van der Waals surface area contributed by atoms with Crippen molar-refractivity contribution >= 4 is 6.29 Å². The molecule has 2 aliphatic heterocycles. The van der Waals surface area contributed by atoms with Gasteiger partial charge in [0, 0.05) is 24.7 Å². The summed E-state index contributed by atoms with van der Waals surface area (Å²) in [5.74, 6) is 0.577. The molecule has 2 aromatic carbocycles. The third kappa shape index (κ3) is 3.96. The van der Waals surface area contributed by atoms with E-state index in [1.807, 2.05) is 12.1 Å². The fourth-order valence-electron chi connectivity index (χ4n) is 5.97. The van der Waals surface area contributed by atoms with E-state index in [4.69, 9.17) is 0 Å². The highest BCUT2D eigenvalue weighted by molar-refractivity contribution is 5.72. The van der Waals surface area contributed by atoms with Gasteiger partial charge in [0.2, 0.25) is 0 Å². The van der Waals surface area contributed by atoms with Crippen molar-refractivity contribution in [1.29, 1.82) is 0 Å². The highest BCUT2D eigenvalue weighted by Gasteiger charge is 2.48. The second-order valence-corrected chi connectivity index (χ2v) is 10.1. The van der Waals surface area contributed by atoms with Gasteiger partial charge in [0.1, 0.15) is 17.6 Å². The largest absolute Gasteiger partial charge is 0.301 e. The van der Waals surface area contributed by atoms with Gasteiger partial charge in [-0.2, -0.15) is 0 Å². The summed E-state index contributed by atoms with van der Waals surface area (Å²) in [5.41, 5.74) is 5.62. The van der Waals surface area contributed by atoms with Crippen LogP contribution in [0, 0.1) is 18.7 Å². The molecule has 1 unspecified atom stereocenters. The third-order valence-corrected chi connectivity index (χ3v) is 7.72. The summed E-state index contributed by atoms with van der Waals surface area (Å²) in [7, 11) is 0. The number of fused-ring (bicyclic) bond motifs is 1. The summed E-state index contributed by atoms with van der Waals surface area (Å²) in [6.07, 6.45) is 7.01. The normalized spacial score (nSPS) is 25.0. The minimum atomic E-state index is -0.461. The number of hydrogen-bond donors (Lipinski definition) is 0. The molecule has 1 aliphatic carbocycles. The van der Waals surface area contributed by atoms with E-state index >= 15 is 0 Å². The van der Waals surface area contributed by atoms with Crippen LogP contribution in [0.15, 0.2) is 36.4 Å². The van der Waals surface area contributed by atoms with Crippen LogP contribution in [-0.4, -0.2) is 35.2 Å². The Morgan fingerprint density at radius 3 is 2.55 bits per heavy atom. The number of piperidine rings is 1. The van der Waals surface area contributed by atoms with Crippen LogP contribution < -0.4 is 0 Å². The summed E-state index contributed by atoms with van der Waals surface area (Å²) < 4.78 is 14.0. The lowest BCUT2D eigenvalue weighted by molar-refractivity contribution is -0.118. The first-order chi connectivity index (χ1) is 15.0. The highest BCUT2D eigenvalue weighted by Crippen LogP contribution is 2.46. The second-order valence-electron chi connectivity index (χ2n) is 10.1. The number of aldehydes is 1. The maximum Gasteiger partial charge on any atom is 0.144 e. The van der Waals surface area contributed by atoms with Gasteiger partial charge in [-0.25, -0.2) is 4.39 Å². The van der Waals surface area contributed by atoms with Crippen LogP contribution in [0.1, 0.15) is 60.4 Å². The maximum atomic E-state index is 14.0. The molecule has 0 spiro atoms. The van der Waals surface area contributed by atoms with Crippen LogP contribution in [0.3, 0.4) is 0 Å². The molecule has 2 fully saturated rings. The molecule has 0 radical (unpaired) electrons. The van der Waals surface area contributed by atoms with Crippen molar-refractivity contribution < 1.29 is 9.18 Å². The van der Waals surface area contributed by atoms with Crippen molar-refractivity contribution in [3.8, 4) is 0 Å². The van der Waals surface area contributed by atoms with Gasteiger partial charge in [-0.15, -0.1) is 0 Å². The summed E-state index contributed by atoms with van der Waals surface area (Å²) in [6, 6.07) is 12.4. The lowest BCUT2D eigenvalue weighted by atomic mass is 9.84. The molecular formula is C27H33FN2O. The van der Waals surface area contributed by atoms with Crippen LogP contribution >= 0.6 is 0 Å². The molecule has 31 heavy (non-hydrogen) atoms. The molecule has 0 N–H and O–H groups in total. The molecule has 4 heteroatoms. The Morgan fingerprint density at radius 1 is 1.13 bits per heavy atom. The summed E-state index contributed by atoms with van der Waals surface area (Å²) in [4.78, 5) is 16.9. The van der Waals surface area contributed by atoms with Gasteiger partial charge >= 0.3 is 0 Å². The van der Waals surface area contributed by atoms with E-state index in [1.54, 1.807) is 12.1 Å². The fourth-order valence-corrected chi connectivity index (χ4v) is 5.97. The van der Waals surface area contributed by atoms with E-state index in [1.165, 1.54) is 35.1 Å². The zero-order valence-electron chi connectivity index (χ0n) is 18.7. The van der Waals surface area contributed by atoms with Gasteiger partial charge in [-0.3, -0.25) is 9.80 Å². The predicted octanol–water partition coefficient (Wildman–Crippen LogP) is 4.98. The minimum Gasteiger partial charge on any atom is -0.301 e. The van der Waals surface area contributed by atoms with Gasteiger partial charge in [-0.1, -0.05) is 30.3 Å². The van der Waals surface area contributed by atoms with E-state index in [0.717, 1.165) is 50.7 Å². The Bertz CT molecular complexity index is 977. The van der Waals surface area contributed by atoms with Crippen LogP contribution in [0.2, 0.25) is 0 Å². The fraction of sp³-hybridized carbons (Fsp3) is 0.519. The van der Waals surface area contributed by atoms with Gasteiger partial charge in [0.25, 0.3) is 0 Å². The Hall–Kier alpha value is -2.04. The molecule has 1 saturated heterocycles. The SMILES string of the molecule is Cc1cc(CC2CCN(Cc3ccccc3F)CC2)cc2c1C(C)(C=O)N(C1CC1)C2. The number of halogens is 1. The Balaban J connectivity index is 1.24. The molecule has 3 nitrogen and oxygen atoms in total. The van der Waals surface area contributed by atoms with Crippen molar-refractivity contribution in [2.75, 3.05) is 13.1 Å². The first-order valence-electron chi connectivity index (χ1n) is 11.8. The Kier molecular flexibility index (Phi) is 5.47. The van der Waals surface area contributed by atoms with E-state index in [-0.39, 0.29) is 5.82 Å². The van der Waals surface area contributed by atoms with Crippen molar-refractivity contribution in [2.45, 2.75) is 70.6 Å². The molecule has 0 bridgehead atoms. The molecule has 2 aromatic rings. The van der Waals surface area contributed by atoms with Gasteiger partial charge < -0.3 is 4.79 Å². The standard InChI is InChI=1S/C27H33FN2O/c1-19-13-21(15-23-17-30(24-7-8-24)27(2,18-31)26(19)23)14-20-9-11-29(12-10-20)16-22-5-3-4-6-25(22)28/h3-6,13,15,18,20,24H,7-12,14,16-17H2,1-2H3. The monoisotopic (exact) mass is 420 g/mol. The van der Waals surface area contributed by atoms with Gasteiger partial charge in [0.15, 0.2) is 0 Å². The second kappa shape index (κ2) is 8.14. The van der Waals surface area contributed by atoms with Crippen molar-refractivity contribution in [3.63, 3.8) is 0 Å². The number of nitrogens with zero attached hydrogens (tertiary/aromatic N) is 2. The molecule has 0 aromatic heterocycles. The van der Waals surface area contributed by atoms with Gasteiger partial charge in [0.05, 0.1) is 0 Å². The lowest BCUT2D eigenvalue weighted by Gasteiger charge is -2.32. The molecular weight excluding hydrogens is 387 g/mol. The van der Waals surface area contributed by atoms with Crippen LogP contribution in [-0.2, 0) is 29.8 Å². The minimum absolute atomic E-state index is 0.0965. The predicted molar refractivity (Wildman–Crippen MR) is 121 cm³/mol. The maximum absolute atomic E-state index is 14.0. The number of hydrogen-bond acceptors (Lipinski definition) is 3. The van der Waals surface area contributed by atoms with E-state index < -0.39 is 5.54 Å². The summed E-state index contributed by atoms with van der Waals surface area (Å²) in [6.45, 7) is 7.95. The van der Waals surface area contributed by atoms with Crippen molar-refractivity contribution in [3.05, 3.63) is 70.0 Å². The lowest BCUT2D eigenvalue weighted by Crippen LogP contribution is -2.41. The molecule has 5 rings (SSSR count). The van der Waals surface area contributed by atoms with E-state index in [2.05, 4.69) is 35.8 Å². The summed E-state index contributed by atoms with van der Waals surface area (Å²) >= 11 is 0. The van der Waals surface area contributed by atoms with E-state index in [9.17, 15) is 9.18 Å². The first-order valence-corrected chi connectivity index (χ1v) is 11.8. The topological polar surface area (TPSA) is 23.6 Å². The first kappa shape index (κ1) is 20.8.